The van der Waals surface area contributed by atoms with Gasteiger partial charge >= 0.3 is 5.69 Å². The van der Waals surface area contributed by atoms with Gasteiger partial charge in [-0.2, -0.15) is 0 Å². The van der Waals surface area contributed by atoms with E-state index in [1.165, 1.54) is 4.57 Å². The van der Waals surface area contributed by atoms with Gasteiger partial charge in [0.15, 0.2) is 0 Å². The van der Waals surface area contributed by atoms with Crippen molar-refractivity contribution in [3.63, 3.8) is 0 Å². The number of likely N-dealkylation sites (tertiary alicyclic amines) is 1. The van der Waals surface area contributed by atoms with Crippen molar-refractivity contribution in [3.8, 4) is 0 Å². The SMILES string of the molecule is CN1CCC(n2c(=O)[nH]c3c(Cl)cccc3c2=O)CC1. The molecule has 6 heteroatoms. The Morgan fingerprint density at radius 1 is 1.25 bits per heavy atom. The number of aromatic nitrogens is 2. The molecule has 0 unspecified atom stereocenters. The Morgan fingerprint density at radius 2 is 1.95 bits per heavy atom. The van der Waals surface area contributed by atoms with Gasteiger partial charge in [-0.15, -0.1) is 0 Å². The highest BCUT2D eigenvalue weighted by Crippen LogP contribution is 2.21. The molecule has 0 radical (unpaired) electrons. The number of halogens is 1. The molecular formula is C14H16ClN3O2. The van der Waals surface area contributed by atoms with Crippen LogP contribution in [-0.2, 0) is 0 Å². The molecule has 1 aliphatic rings. The molecule has 1 N–H and O–H groups in total. The van der Waals surface area contributed by atoms with Crippen LogP contribution in [0.2, 0.25) is 5.02 Å². The fraction of sp³-hybridized carbons (Fsp3) is 0.429. The summed E-state index contributed by atoms with van der Waals surface area (Å²) < 4.78 is 1.35. The maximum Gasteiger partial charge on any atom is 0.329 e. The van der Waals surface area contributed by atoms with Crippen LogP contribution < -0.4 is 11.2 Å². The summed E-state index contributed by atoms with van der Waals surface area (Å²) in [6.45, 7) is 1.79. The van der Waals surface area contributed by atoms with Gasteiger partial charge < -0.3 is 9.88 Å². The molecule has 2 aromatic rings. The fourth-order valence-corrected chi connectivity index (χ4v) is 3.03. The number of hydrogen-bond donors (Lipinski definition) is 1. The highest BCUT2D eigenvalue weighted by atomic mass is 35.5. The number of nitrogens with one attached hydrogen (secondary N) is 1. The summed E-state index contributed by atoms with van der Waals surface area (Å²) in [5.41, 5.74) is -0.195. The molecule has 1 aromatic heterocycles. The van der Waals surface area contributed by atoms with E-state index in [-0.39, 0.29) is 17.3 Å². The first-order valence-corrected chi connectivity index (χ1v) is 7.07. The Balaban J connectivity index is 2.17. The molecule has 0 aliphatic carbocycles. The van der Waals surface area contributed by atoms with E-state index in [2.05, 4.69) is 9.88 Å². The predicted molar refractivity (Wildman–Crippen MR) is 79.6 cm³/mol. The predicted octanol–water partition coefficient (Wildman–Crippen LogP) is 1.61. The van der Waals surface area contributed by atoms with Crippen molar-refractivity contribution in [2.45, 2.75) is 18.9 Å². The van der Waals surface area contributed by atoms with Crippen molar-refractivity contribution in [2.75, 3.05) is 20.1 Å². The highest BCUT2D eigenvalue weighted by Gasteiger charge is 2.22. The summed E-state index contributed by atoms with van der Waals surface area (Å²) in [4.78, 5) is 29.7. The summed E-state index contributed by atoms with van der Waals surface area (Å²) in [6, 6.07) is 5.05. The zero-order chi connectivity index (χ0) is 14.3. The van der Waals surface area contributed by atoms with Crippen LogP contribution in [0.5, 0.6) is 0 Å². The molecule has 106 valence electrons. The monoisotopic (exact) mass is 293 g/mol. The van der Waals surface area contributed by atoms with Crippen molar-refractivity contribution < 1.29 is 0 Å². The summed E-state index contributed by atoms with van der Waals surface area (Å²) in [7, 11) is 2.05. The van der Waals surface area contributed by atoms with Gasteiger partial charge in [0.2, 0.25) is 0 Å². The van der Waals surface area contributed by atoms with Gasteiger partial charge in [0.05, 0.1) is 15.9 Å². The molecule has 20 heavy (non-hydrogen) atoms. The Bertz CT molecular complexity index is 757. The van der Waals surface area contributed by atoms with E-state index < -0.39 is 0 Å². The number of benzene rings is 1. The minimum Gasteiger partial charge on any atom is -0.306 e. The lowest BCUT2D eigenvalue weighted by molar-refractivity contribution is 0.216. The molecule has 1 saturated heterocycles. The summed E-state index contributed by atoms with van der Waals surface area (Å²) in [6.07, 6.45) is 1.62. The Labute approximate surface area is 120 Å². The average molecular weight is 294 g/mol. The fourth-order valence-electron chi connectivity index (χ4n) is 2.80. The number of nitrogens with zero attached hydrogens (tertiary/aromatic N) is 2. The molecule has 0 atom stereocenters. The number of para-hydroxylation sites is 1. The number of piperidine rings is 1. The molecule has 0 bridgehead atoms. The quantitative estimate of drug-likeness (QED) is 0.869. The molecule has 0 saturated carbocycles. The second kappa shape index (κ2) is 5.07. The van der Waals surface area contributed by atoms with Crippen LogP contribution in [0.4, 0.5) is 0 Å². The van der Waals surface area contributed by atoms with Crippen LogP contribution in [0.25, 0.3) is 10.9 Å². The van der Waals surface area contributed by atoms with Gasteiger partial charge in [-0.05, 0) is 45.1 Å². The number of rotatable bonds is 1. The van der Waals surface area contributed by atoms with Gasteiger partial charge in [0.25, 0.3) is 5.56 Å². The van der Waals surface area contributed by atoms with E-state index in [1.807, 2.05) is 7.05 Å². The minimum absolute atomic E-state index is 0.0363. The van der Waals surface area contributed by atoms with Crippen LogP contribution in [0.15, 0.2) is 27.8 Å². The van der Waals surface area contributed by atoms with Crippen LogP contribution in [-0.4, -0.2) is 34.6 Å². The lowest BCUT2D eigenvalue weighted by Crippen LogP contribution is -2.42. The second-order valence-electron chi connectivity index (χ2n) is 5.30. The first-order valence-electron chi connectivity index (χ1n) is 6.69. The molecule has 3 rings (SSSR count). The molecule has 5 nitrogen and oxygen atoms in total. The lowest BCUT2D eigenvalue weighted by Gasteiger charge is -2.29. The third-order valence-electron chi connectivity index (χ3n) is 3.97. The number of H-pyrrole nitrogens is 1. The second-order valence-corrected chi connectivity index (χ2v) is 5.71. The lowest BCUT2D eigenvalue weighted by atomic mass is 10.1. The number of hydrogen-bond acceptors (Lipinski definition) is 3. The molecule has 0 spiro atoms. The number of aromatic amines is 1. The van der Waals surface area contributed by atoms with Crippen molar-refractivity contribution in [1.82, 2.24) is 14.5 Å². The topological polar surface area (TPSA) is 58.1 Å². The maximum atomic E-state index is 12.6. The minimum atomic E-state index is -0.370. The standard InChI is InChI=1S/C14H16ClN3O2/c1-17-7-5-9(6-8-17)18-13(19)10-3-2-4-11(15)12(10)16-14(18)20/h2-4,9H,5-8H2,1H3,(H,16,20). The summed E-state index contributed by atoms with van der Waals surface area (Å²) in [5, 5.41) is 0.864. The molecule has 1 fully saturated rings. The van der Waals surface area contributed by atoms with Crippen LogP contribution >= 0.6 is 11.6 Å². The Kier molecular flexibility index (Phi) is 3.40. The van der Waals surface area contributed by atoms with E-state index in [9.17, 15) is 9.59 Å². The molecule has 1 aromatic carbocycles. The zero-order valence-electron chi connectivity index (χ0n) is 11.2. The first kappa shape index (κ1) is 13.4. The Morgan fingerprint density at radius 3 is 2.65 bits per heavy atom. The summed E-state index contributed by atoms with van der Waals surface area (Å²) in [5.74, 6) is 0. The van der Waals surface area contributed by atoms with Gasteiger partial charge in [-0.25, -0.2) is 4.79 Å². The van der Waals surface area contributed by atoms with Gasteiger partial charge in [0, 0.05) is 6.04 Å². The summed E-state index contributed by atoms with van der Waals surface area (Å²) >= 11 is 6.03. The van der Waals surface area contributed by atoms with Crippen molar-refractivity contribution >= 4 is 22.5 Å². The van der Waals surface area contributed by atoms with E-state index >= 15 is 0 Å². The third kappa shape index (κ3) is 2.17. The smallest absolute Gasteiger partial charge is 0.306 e. The van der Waals surface area contributed by atoms with Crippen molar-refractivity contribution in [1.29, 1.82) is 0 Å². The van der Waals surface area contributed by atoms with Crippen molar-refractivity contribution in [2.24, 2.45) is 0 Å². The van der Waals surface area contributed by atoms with E-state index in [1.54, 1.807) is 18.2 Å². The highest BCUT2D eigenvalue weighted by molar-refractivity contribution is 6.34. The molecule has 1 aliphatic heterocycles. The van der Waals surface area contributed by atoms with Crippen LogP contribution in [0.1, 0.15) is 18.9 Å². The van der Waals surface area contributed by atoms with Crippen molar-refractivity contribution in [3.05, 3.63) is 44.1 Å². The maximum absolute atomic E-state index is 12.6. The molecule has 0 amide bonds. The first-order chi connectivity index (χ1) is 9.58. The van der Waals surface area contributed by atoms with Crippen LogP contribution in [0, 0.1) is 0 Å². The van der Waals surface area contributed by atoms with Gasteiger partial charge in [-0.3, -0.25) is 9.36 Å². The van der Waals surface area contributed by atoms with Crippen LogP contribution in [0.3, 0.4) is 0 Å². The van der Waals surface area contributed by atoms with Gasteiger partial charge in [-0.1, -0.05) is 17.7 Å². The average Bonchev–Trinajstić information content (AvgIpc) is 2.42. The number of fused-ring (bicyclic) bond motifs is 1. The third-order valence-corrected chi connectivity index (χ3v) is 4.28. The largest absolute Gasteiger partial charge is 0.329 e. The normalized spacial score (nSPS) is 17.7. The van der Waals surface area contributed by atoms with Gasteiger partial charge in [0.1, 0.15) is 0 Å². The Hall–Kier alpha value is -1.59. The van der Waals surface area contributed by atoms with E-state index in [0.29, 0.717) is 15.9 Å². The molecular weight excluding hydrogens is 278 g/mol. The molecule has 2 heterocycles. The van der Waals surface area contributed by atoms with E-state index in [4.69, 9.17) is 11.6 Å². The van der Waals surface area contributed by atoms with E-state index in [0.717, 1.165) is 25.9 Å². The zero-order valence-corrected chi connectivity index (χ0v) is 12.0.